The third kappa shape index (κ3) is 4.83. The molecule has 1 aromatic carbocycles. The number of rotatable bonds is 3. The molecule has 136 valence electrons. The van der Waals surface area contributed by atoms with Crippen molar-refractivity contribution in [3.8, 4) is 0 Å². The smallest absolute Gasteiger partial charge is 0.253 e. The molecular formula is C21H30N2O2. The average molecular weight is 342 g/mol. The molecule has 2 amide bonds. The number of amides is 2. The van der Waals surface area contributed by atoms with Crippen LogP contribution in [-0.4, -0.2) is 35.8 Å². The number of carbonyl (C=O) groups is 2. The normalized spacial score (nSPS) is 22.3. The van der Waals surface area contributed by atoms with E-state index in [0.717, 1.165) is 32.4 Å². The molecular weight excluding hydrogens is 312 g/mol. The Morgan fingerprint density at radius 1 is 1.00 bits per heavy atom. The monoisotopic (exact) mass is 342 g/mol. The van der Waals surface area contributed by atoms with Gasteiger partial charge in [0.25, 0.3) is 11.8 Å². The summed E-state index contributed by atoms with van der Waals surface area (Å²) in [5.41, 5.74) is 1.22. The highest BCUT2D eigenvalue weighted by Gasteiger charge is 2.23. The number of benzene rings is 1. The molecule has 2 fully saturated rings. The minimum Gasteiger partial charge on any atom is -0.349 e. The molecule has 2 aliphatic rings. The Labute approximate surface area is 151 Å². The second-order valence-corrected chi connectivity index (χ2v) is 7.74. The van der Waals surface area contributed by atoms with E-state index in [9.17, 15) is 9.59 Å². The summed E-state index contributed by atoms with van der Waals surface area (Å²) in [6, 6.07) is 7.49. The van der Waals surface area contributed by atoms with Crippen LogP contribution < -0.4 is 5.32 Å². The fraction of sp³-hybridized carbons (Fsp3) is 0.619. The van der Waals surface area contributed by atoms with Crippen molar-refractivity contribution in [2.75, 3.05) is 13.1 Å². The van der Waals surface area contributed by atoms with Crippen LogP contribution in [0.1, 0.15) is 79.0 Å². The number of hydrogen-bond acceptors (Lipinski definition) is 2. The van der Waals surface area contributed by atoms with Crippen molar-refractivity contribution in [2.45, 2.75) is 64.3 Å². The van der Waals surface area contributed by atoms with Crippen LogP contribution in [0, 0.1) is 5.92 Å². The van der Waals surface area contributed by atoms with Crippen molar-refractivity contribution in [3.05, 3.63) is 35.4 Å². The van der Waals surface area contributed by atoms with Crippen LogP contribution in [0.3, 0.4) is 0 Å². The van der Waals surface area contributed by atoms with Crippen molar-refractivity contribution in [2.24, 2.45) is 5.92 Å². The van der Waals surface area contributed by atoms with Crippen molar-refractivity contribution >= 4 is 11.8 Å². The predicted molar refractivity (Wildman–Crippen MR) is 99.7 cm³/mol. The maximum Gasteiger partial charge on any atom is 0.253 e. The van der Waals surface area contributed by atoms with Gasteiger partial charge in [0, 0.05) is 30.3 Å². The first-order chi connectivity index (χ1) is 12.1. The molecule has 25 heavy (non-hydrogen) atoms. The molecule has 1 unspecified atom stereocenters. The lowest BCUT2D eigenvalue weighted by Gasteiger charge is -2.31. The van der Waals surface area contributed by atoms with Gasteiger partial charge < -0.3 is 10.2 Å². The molecule has 1 saturated heterocycles. The average Bonchev–Trinajstić information content (AvgIpc) is 2.90. The van der Waals surface area contributed by atoms with Crippen LogP contribution in [0.15, 0.2) is 24.3 Å². The van der Waals surface area contributed by atoms with E-state index in [1.165, 1.54) is 32.1 Å². The molecule has 3 rings (SSSR count). The van der Waals surface area contributed by atoms with Crippen LogP contribution in [0.4, 0.5) is 0 Å². The highest BCUT2D eigenvalue weighted by Crippen LogP contribution is 2.20. The van der Waals surface area contributed by atoms with Crippen molar-refractivity contribution in [1.29, 1.82) is 0 Å². The summed E-state index contributed by atoms with van der Waals surface area (Å²) in [7, 11) is 0. The third-order valence-corrected chi connectivity index (χ3v) is 5.51. The van der Waals surface area contributed by atoms with Crippen molar-refractivity contribution in [3.63, 3.8) is 0 Å². The largest absolute Gasteiger partial charge is 0.349 e. The minimum absolute atomic E-state index is 0.0476. The van der Waals surface area contributed by atoms with E-state index in [1.807, 2.05) is 23.1 Å². The van der Waals surface area contributed by atoms with Crippen LogP contribution >= 0.6 is 0 Å². The Morgan fingerprint density at radius 3 is 2.44 bits per heavy atom. The zero-order valence-corrected chi connectivity index (χ0v) is 15.3. The predicted octanol–water partition coefficient (Wildman–Crippen LogP) is 4.01. The van der Waals surface area contributed by atoms with Gasteiger partial charge in [0.1, 0.15) is 0 Å². The molecule has 1 saturated carbocycles. The lowest BCUT2D eigenvalue weighted by atomic mass is 9.99. The second-order valence-electron chi connectivity index (χ2n) is 7.74. The van der Waals surface area contributed by atoms with Crippen LogP contribution in [0.5, 0.6) is 0 Å². The SMILES string of the molecule is CC1CCCN(C(=O)c2cccc(C(=O)NC3CCCCCC3)c2)C1. The van der Waals surface area contributed by atoms with Gasteiger partial charge in [0.15, 0.2) is 0 Å². The van der Waals surface area contributed by atoms with Gasteiger partial charge in [-0.25, -0.2) is 0 Å². The summed E-state index contributed by atoms with van der Waals surface area (Å²) >= 11 is 0. The van der Waals surface area contributed by atoms with E-state index in [2.05, 4.69) is 12.2 Å². The summed E-state index contributed by atoms with van der Waals surface area (Å²) in [5, 5.41) is 3.16. The molecule has 1 aliphatic carbocycles. The second kappa shape index (κ2) is 8.50. The molecule has 1 aromatic rings. The lowest BCUT2D eigenvalue weighted by Crippen LogP contribution is -2.39. The van der Waals surface area contributed by atoms with Crippen LogP contribution in [0.2, 0.25) is 0 Å². The minimum atomic E-state index is -0.0476. The van der Waals surface area contributed by atoms with Gasteiger partial charge in [-0.2, -0.15) is 0 Å². The van der Waals surface area contributed by atoms with E-state index >= 15 is 0 Å². The molecule has 1 aliphatic heterocycles. The van der Waals surface area contributed by atoms with Gasteiger partial charge in [-0.05, 0) is 49.8 Å². The zero-order chi connectivity index (χ0) is 17.6. The summed E-state index contributed by atoms with van der Waals surface area (Å²) in [6.45, 7) is 3.83. The Morgan fingerprint density at radius 2 is 1.72 bits per heavy atom. The van der Waals surface area contributed by atoms with Gasteiger partial charge in [-0.15, -0.1) is 0 Å². The first kappa shape index (κ1) is 18.0. The zero-order valence-electron chi connectivity index (χ0n) is 15.3. The number of piperidine rings is 1. The van der Waals surface area contributed by atoms with Gasteiger partial charge in [0.2, 0.25) is 0 Å². The molecule has 0 aromatic heterocycles. The van der Waals surface area contributed by atoms with Gasteiger partial charge in [-0.3, -0.25) is 9.59 Å². The topological polar surface area (TPSA) is 49.4 Å². The summed E-state index contributed by atoms with van der Waals surface area (Å²) < 4.78 is 0. The highest BCUT2D eigenvalue weighted by atomic mass is 16.2. The molecule has 4 nitrogen and oxygen atoms in total. The van der Waals surface area contributed by atoms with Gasteiger partial charge in [-0.1, -0.05) is 38.7 Å². The maximum atomic E-state index is 12.7. The standard InChI is InChI=1S/C21H30N2O2/c1-16-8-7-13-23(15-16)21(25)18-10-6-9-17(14-18)20(24)22-19-11-4-2-3-5-12-19/h6,9-10,14,16,19H,2-5,7-8,11-13,15H2,1H3,(H,22,24). The van der Waals surface area contributed by atoms with E-state index in [0.29, 0.717) is 17.0 Å². The molecule has 0 bridgehead atoms. The quantitative estimate of drug-likeness (QED) is 0.844. The number of nitrogens with zero attached hydrogens (tertiary/aromatic N) is 1. The first-order valence-corrected chi connectivity index (χ1v) is 9.83. The van der Waals surface area contributed by atoms with Crippen molar-refractivity contribution in [1.82, 2.24) is 10.2 Å². The van der Waals surface area contributed by atoms with Crippen molar-refractivity contribution < 1.29 is 9.59 Å². The maximum absolute atomic E-state index is 12.7. The van der Waals surface area contributed by atoms with Crippen LogP contribution in [-0.2, 0) is 0 Å². The summed E-state index contributed by atoms with van der Waals surface area (Å²) in [4.78, 5) is 27.3. The lowest BCUT2D eigenvalue weighted by molar-refractivity contribution is 0.0683. The first-order valence-electron chi connectivity index (χ1n) is 9.83. The number of nitrogens with one attached hydrogen (secondary N) is 1. The third-order valence-electron chi connectivity index (χ3n) is 5.51. The number of likely N-dealkylation sites (tertiary alicyclic amines) is 1. The number of hydrogen-bond donors (Lipinski definition) is 1. The fourth-order valence-corrected chi connectivity index (χ4v) is 4.04. The van der Waals surface area contributed by atoms with E-state index in [4.69, 9.17) is 0 Å². The van der Waals surface area contributed by atoms with Crippen LogP contribution in [0.25, 0.3) is 0 Å². The van der Waals surface area contributed by atoms with E-state index in [-0.39, 0.29) is 17.9 Å². The Hall–Kier alpha value is -1.84. The Bertz CT molecular complexity index is 606. The molecule has 4 heteroatoms. The number of carbonyl (C=O) groups excluding carboxylic acids is 2. The molecule has 0 spiro atoms. The molecule has 1 N–H and O–H groups in total. The van der Waals surface area contributed by atoms with E-state index < -0.39 is 0 Å². The molecule has 1 heterocycles. The fourth-order valence-electron chi connectivity index (χ4n) is 4.04. The molecule has 0 radical (unpaired) electrons. The Balaban J connectivity index is 1.65. The highest BCUT2D eigenvalue weighted by molar-refractivity contribution is 5.99. The van der Waals surface area contributed by atoms with Gasteiger partial charge >= 0.3 is 0 Å². The van der Waals surface area contributed by atoms with Gasteiger partial charge in [0.05, 0.1) is 0 Å². The summed E-state index contributed by atoms with van der Waals surface area (Å²) in [5.74, 6) is 0.559. The van der Waals surface area contributed by atoms with E-state index in [1.54, 1.807) is 6.07 Å². The summed E-state index contributed by atoms with van der Waals surface area (Å²) in [6.07, 6.45) is 9.30. The molecule has 1 atom stereocenters. The Kier molecular flexibility index (Phi) is 6.11.